The number of hydrogen-bond donors (Lipinski definition) is 3. The Bertz CT molecular complexity index is 216. The summed E-state index contributed by atoms with van der Waals surface area (Å²) in [6.45, 7) is 1.43. The van der Waals surface area contributed by atoms with E-state index >= 15 is 0 Å². The van der Waals surface area contributed by atoms with Crippen LogP contribution in [0.4, 0.5) is 0 Å². The normalized spacial score (nSPS) is 19.0. The Hall–Kier alpha value is -1.05. The molecule has 0 atom stereocenters. The quantitative estimate of drug-likeness (QED) is 0.448. The van der Waals surface area contributed by atoms with Gasteiger partial charge in [0.05, 0.1) is 5.54 Å². The van der Waals surface area contributed by atoms with E-state index in [4.69, 9.17) is 11.5 Å². The predicted molar refractivity (Wildman–Crippen MR) is 44.3 cm³/mol. The van der Waals surface area contributed by atoms with Crippen LogP contribution in [0.5, 0.6) is 0 Å². The van der Waals surface area contributed by atoms with E-state index in [2.05, 4.69) is 10.6 Å². The molecule has 1 fully saturated rings. The van der Waals surface area contributed by atoms with Gasteiger partial charge in [0, 0.05) is 19.7 Å². The summed E-state index contributed by atoms with van der Waals surface area (Å²) in [5.41, 5.74) is -0.307. The lowest BCUT2D eigenvalue weighted by molar-refractivity contribution is -0.118. The third-order valence-corrected chi connectivity index (χ3v) is 2.03. The Morgan fingerprint density at radius 2 is 2.42 bits per heavy atom. The first-order chi connectivity index (χ1) is 5.72. The summed E-state index contributed by atoms with van der Waals surface area (Å²) in [7, 11) is 0. The van der Waals surface area contributed by atoms with Crippen molar-refractivity contribution in [2.75, 3.05) is 19.7 Å². The number of terminal acetylenes is 1. The van der Waals surface area contributed by atoms with E-state index in [1.165, 1.54) is 0 Å². The highest BCUT2D eigenvalue weighted by Gasteiger charge is 2.37. The van der Waals surface area contributed by atoms with Crippen molar-refractivity contribution in [3.05, 3.63) is 0 Å². The van der Waals surface area contributed by atoms with Crippen LogP contribution in [0.1, 0.15) is 6.42 Å². The number of aliphatic hydroxyl groups is 1. The molecule has 1 saturated heterocycles. The lowest BCUT2D eigenvalue weighted by atomic mass is 9.89. The fourth-order valence-corrected chi connectivity index (χ4v) is 1.25. The second-order valence-corrected chi connectivity index (χ2v) is 2.96. The molecule has 0 aromatic carbocycles. The lowest BCUT2D eigenvalue weighted by Gasteiger charge is -2.42. The summed E-state index contributed by atoms with van der Waals surface area (Å²) in [4.78, 5) is 10.8. The molecule has 0 bridgehead atoms. The number of rotatable bonds is 3. The minimum atomic E-state index is -0.412. The maximum absolute atomic E-state index is 10.8. The molecule has 4 heteroatoms. The Morgan fingerprint density at radius 3 is 2.75 bits per heavy atom. The highest BCUT2D eigenvalue weighted by Crippen LogP contribution is 2.14. The van der Waals surface area contributed by atoms with Crippen LogP contribution in [0.2, 0.25) is 0 Å². The molecule has 0 spiro atoms. The maximum Gasteiger partial charge on any atom is 0.296 e. The molecule has 0 aromatic heterocycles. The third kappa shape index (κ3) is 1.76. The van der Waals surface area contributed by atoms with E-state index in [9.17, 15) is 4.79 Å². The second kappa shape index (κ2) is 3.57. The third-order valence-electron chi connectivity index (χ3n) is 2.03. The van der Waals surface area contributed by atoms with E-state index in [0.717, 1.165) is 0 Å². The second-order valence-electron chi connectivity index (χ2n) is 2.96. The van der Waals surface area contributed by atoms with Crippen LogP contribution in [0.25, 0.3) is 0 Å². The van der Waals surface area contributed by atoms with Crippen molar-refractivity contribution in [1.29, 1.82) is 0 Å². The van der Waals surface area contributed by atoms with Gasteiger partial charge in [-0.25, -0.2) is 0 Å². The number of carbonyl (C=O) groups is 1. The van der Waals surface area contributed by atoms with Crippen LogP contribution >= 0.6 is 0 Å². The van der Waals surface area contributed by atoms with Crippen LogP contribution in [0.3, 0.4) is 0 Å². The average Bonchev–Trinajstić information content (AvgIpc) is 2.00. The van der Waals surface area contributed by atoms with Gasteiger partial charge < -0.3 is 15.7 Å². The molecule has 0 saturated carbocycles. The van der Waals surface area contributed by atoms with Gasteiger partial charge in [0.25, 0.3) is 5.91 Å². The van der Waals surface area contributed by atoms with Gasteiger partial charge in [0.15, 0.2) is 0 Å². The first kappa shape index (κ1) is 9.04. The van der Waals surface area contributed by atoms with E-state index in [-0.39, 0.29) is 12.1 Å². The largest absolute Gasteiger partial charge is 0.396 e. The van der Waals surface area contributed by atoms with Gasteiger partial charge in [0.2, 0.25) is 0 Å². The van der Waals surface area contributed by atoms with Crippen molar-refractivity contribution in [2.45, 2.75) is 12.0 Å². The zero-order chi connectivity index (χ0) is 9.03. The molecule has 0 unspecified atom stereocenters. The number of carbonyl (C=O) groups excluding carboxylic acids is 1. The van der Waals surface area contributed by atoms with Crippen LogP contribution in [-0.4, -0.2) is 36.2 Å². The SMILES string of the molecule is C#CC(=O)NC1(CCO)CNC1. The van der Waals surface area contributed by atoms with Crippen molar-refractivity contribution >= 4 is 5.91 Å². The van der Waals surface area contributed by atoms with Crippen molar-refractivity contribution in [3.63, 3.8) is 0 Å². The lowest BCUT2D eigenvalue weighted by Crippen LogP contribution is -2.69. The minimum absolute atomic E-state index is 0.0620. The summed E-state index contributed by atoms with van der Waals surface area (Å²) in [5, 5.41) is 14.4. The Labute approximate surface area is 71.3 Å². The molecule has 0 radical (unpaired) electrons. The summed E-state index contributed by atoms with van der Waals surface area (Å²) in [6.07, 6.45) is 5.46. The first-order valence-corrected chi connectivity index (χ1v) is 3.83. The summed E-state index contributed by atoms with van der Waals surface area (Å²) < 4.78 is 0. The molecule has 66 valence electrons. The Morgan fingerprint density at radius 1 is 1.75 bits per heavy atom. The zero-order valence-corrected chi connectivity index (χ0v) is 6.76. The Balaban J connectivity index is 2.45. The van der Waals surface area contributed by atoms with Crippen molar-refractivity contribution in [3.8, 4) is 12.3 Å². The molecule has 4 nitrogen and oxygen atoms in total. The molecule has 0 aromatic rings. The van der Waals surface area contributed by atoms with Crippen LogP contribution in [0, 0.1) is 12.3 Å². The average molecular weight is 168 g/mol. The van der Waals surface area contributed by atoms with Gasteiger partial charge in [-0.2, -0.15) is 0 Å². The smallest absolute Gasteiger partial charge is 0.296 e. The monoisotopic (exact) mass is 168 g/mol. The highest BCUT2D eigenvalue weighted by atomic mass is 16.3. The number of amides is 1. The molecular weight excluding hydrogens is 156 g/mol. The molecule has 12 heavy (non-hydrogen) atoms. The molecule has 1 aliphatic rings. The Kier molecular flexibility index (Phi) is 2.69. The van der Waals surface area contributed by atoms with E-state index < -0.39 is 5.91 Å². The number of nitrogens with one attached hydrogen (secondary N) is 2. The molecule has 1 aliphatic heterocycles. The van der Waals surface area contributed by atoms with Gasteiger partial charge in [-0.15, -0.1) is 6.42 Å². The van der Waals surface area contributed by atoms with Gasteiger partial charge in [-0.05, 0) is 12.3 Å². The molecule has 0 aliphatic carbocycles. The highest BCUT2D eigenvalue weighted by molar-refractivity contribution is 5.93. The van der Waals surface area contributed by atoms with Gasteiger partial charge in [-0.1, -0.05) is 0 Å². The zero-order valence-electron chi connectivity index (χ0n) is 6.76. The maximum atomic E-state index is 10.8. The van der Waals surface area contributed by atoms with Gasteiger partial charge in [0.1, 0.15) is 0 Å². The number of aliphatic hydroxyl groups excluding tert-OH is 1. The fraction of sp³-hybridized carbons (Fsp3) is 0.625. The topological polar surface area (TPSA) is 61.4 Å². The molecule has 1 rings (SSSR count). The predicted octanol–water partition coefficient (Wildman–Crippen LogP) is -1.54. The molecular formula is C8H12N2O2. The van der Waals surface area contributed by atoms with Gasteiger partial charge >= 0.3 is 0 Å². The summed E-state index contributed by atoms with van der Waals surface area (Å²) in [5.74, 6) is 1.58. The van der Waals surface area contributed by atoms with Crippen molar-refractivity contribution < 1.29 is 9.90 Å². The standard InChI is InChI=1S/C8H12N2O2/c1-2-7(12)10-8(3-4-11)5-9-6-8/h1,9,11H,3-6H2,(H,10,12). The van der Waals surface area contributed by atoms with Crippen molar-refractivity contribution in [2.24, 2.45) is 0 Å². The van der Waals surface area contributed by atoms with Crippen molar-refractivity contribution in [1.82, 2.24) is 10.6 Å². The molecule has 3 N–H and O–H groups in total. The van der Waals surface area contributed by atoms with E-state index in [1.54, 1.807) is 0 Å². The van der Waals surface area contributed by atoms with Crippen LogP contribution in [0.15, 0.2) is 0 Å². The summed E-state index contributed by atoms with van der Waals surface area (Å²) >= 11 is 0. The minimum Gasteiger partial charge on any atom is -0.396 e. The molecule has 1 amide bonds. The molecule has 1 heterocycles. The fourth-order valence-electron chi connectivity index (χ4n) is 1.25. The summed E-state index contributed by atoms with van der Waals surface area (Å²) in [6, 6.07) is 0. The first-order valence-electron chi connectivity index (χ1n) is 3.83. The van der Waals surface area contributed by atoms with Crippen LogP contribution < -0.4 is 10.6 Å². The van der Waals surface area contributed by atoms with E-state index in [1.807, 2.05) is 5.92 Å². The van der Waals surface area contributed by atoms with Gasteiger partial charge in [-0.3, -0.25) is 4.79 Å². The van der Waals surface area contributed by atoms with Crippen LogP contribution in [-0.2, 0) is 4.79 Å². The van der Waals surface area contributed by atoms with E-state index in [0.29, 0.717) is 19.5 Å². The number of hydrogen-bond acceptors (Lipinski definition) is 3.